The van der Waals surface area contributed by atoms with Crippen molar-refractivity contribution >= 4 is 27.8 Å². The van der Waals surface area contributed by atoms with E-state index in [2.05, 4.69) is 97.0 Å². The molecular weight excluding hydrogens is 450 g/mol. The zero-order chi connectivity index (χ0) is 20.4. The van der Waals surface area contributed by atoms with Crippen molar-refractivity contribution in [2.75, 3.05) is 0 Å². The standard InChI is InChI=1S/C24H29.2ClH.Zr/c1-16-11-17-9-8-10-21(22(17)12-16)18-13-19(23(2,3)4)15-20(14-18)24(5,6)7;;;/h8-15H,1-7H3;2*1H;/q-1;;;+2/p-2. The van der Waals surface area contributed by atoms with Crippen molar-refractivity contribution in [2.24, 2.45) is 0 Å². The van der Waals surface area contributed by atoms with Crippen molar-refractivity contribution in [1.29, 1.82) is 0 Å². The quantitative estimate of drug-likeness (QED) is 0.307. The predicted octanol–water partition coefficient (Wildman–Crippen LogP) is 8.51. The van der Waals surface area contributed by atoms with E-state index in [1.807, 2.05) is 0 Å². The molecule has 0 heterocycles. The van der Waals surface area contributed by atoms with Gasteiger partial charge >= 0.3 is 37.9 Å². The van der Waals surface area contributed by atoms with E-state index in [9.17, 15) is 0 Å². The van der Waals surface area contributed by atoms with E-state index in [1.54, 1.807) is 0 Å². The van der Waals surface area contributed by atoms with Crippen LogP contribution in [0, 0.1) is 6.92 Å². The van der Waals surface area contributed by atoms with Gasteiger partial charge in [0.2, 0.25) is 0 Å². The molecule has 3 heteroatoms. The molecule has 0 unspecified atom stereocenters. The van der Waals surface area contributed by atoms with Gasteiger partial charge in [-0.1, -0.05) is 78.3 Å². The molecular formula is C24H29Cl2Zr-. The van der Waals surface area contributed by atoms with Crippen LogP contribution in [0.2, 0.25) is 0 Å². The fourth-order valence-corrected chi connectivity index (χ4v) is 3.29. The van der Waals surface area contributed by atoms with Crippen molar-refractivity contribution < 1.29 is 20.8 Å². The van der Waals surface area contributed by atoms with Crippen LogP contribution in [0.4, 0.5) is 0 Å². The summed E-state index contributed by atoms with van der Waals surface area (Å²) < 4.78 is 0. The number of aryl methyl sites for hydroxylation is 1. The Kier molecular flexibility index (Phi) is 7.51. The fraction of sp³-hybridized carbons (Fsp3) is 0.375. The molecule has 0 spiro atoms. The van der Waals surface area contributed by atoms with Crippen LogP contribution in [0.5, 0.6) is 0 Å². The Hall–Kier alpha value is -0.487. The van der Waals surface area contributed by atoms with Crippen molar-refractivity contribution in [3.63, 3.8) is 0 Å². The molecule has 0 atom stereocenters. The van der Waals surface area contributed by atoms with Gasteiger partial charge in [0.15, 0.2) is 0 Å². The van der Waals surface area contributed by atoms with Gasteiger partial charge in [-0.15, -0.1) is 34.5 Å². The third-order valence-electron chi connectivity index (χ3n) is 4.87. The first-order valence-corrected chi connectivity index (χ1v) is 15.6. The van der Waals surface area contributed by atoms with Crippen molar-refractivity contribution in [3.05, 3.63) is 65.2 Å². The number of benzene rings is 2. The Morgan fingerprint density at radius 3 is 1.81 bits per heavy atom. The van der Waals surface area contributed by atoms with Crippen molar-refractivity contribution in [1.82, 2.24) is 0 Å². The van der Waals surface area contributed by atoms with Gasteiger partial charge in [0.1, 0.15) is 0 Å². The SMILES string of the molecule is Cc1cc2c(-c3cc(C(C)(C)C)cc(C(C)(C)C)c3)cccc2[cH-]1.[Cl][Zr][Cl]. The topological polar surface area (TPSA) is 0 Å². The van der Waals surface area contributed by atoms with Crippen LogP contribution in [-0.4, -0.2) is 0 Å². The van der Waals surface area contributed by atoms with Gasteiger partial charge in [-0.25, -0.2) is 0 Å². The molecule has 0 saturated heterocycles. The van der Waals surface area contributed by atoms with Crippen molar-refractivity contribution in [2.45, 2.75) is 59.3 Å². The Bertz CT molecular complexity index is 876. The maximum absolute atomic E-state index is 4.93. The van der Waals surface area contributed by atoms with E-state index < -0.39 is 20.8 Å². The molecule has 0 saturated carbocycles. The number of rotatable bonds is 1. The molecule has 0 aliphatic carbocycles. The van der Waals surface area contributed by atoms with Crippen LogP contribution < -0.4 is 0 Å². The molecule has 27 heavy (non-hydrogen) atoms. The molecule has 0 aromatic heterocycles. The Morgan fingerprint density at radius 2 is 1.33 bits per heavy atom. The summed E-state index contributed by atoms with van der Waals surface area (Å²) in [6.07, 6.45) is 0. The molecule has 0 aliphatic rings. The first-order valence-electron chi connectivity index (χ1n) is 9.26. The first kappa shape index (κ1) is 22.8. The van der Waals surface area contributed by atoms with Gasteiger partial charge in [-0.2, -0.15) is 6.07 Å². The summed E-state index contributed by atoms with van der Waals surface area (Å²) >= 11 is -0.826. The summed E-state index contributed by atoms with van der Waals surface area (Å²) in [7, 11) is 9.87. The van der Waals surface area contributed by atoms with E-state index in [0.29, 0.717) is 0 Å². The third kappa shape index (κ3) is 5.75. The molecule has 0 N–H and O–H groups in total. The third-order valence-corrected chi connectivity index (χ3v) is 4.87. The maximum atomic E-state index is 4.93. The number of hydrogen-bond acceptors (Lipinski definition) is 0. The molecule has 0 aliphatic heterocycles. The average Bonchev–Trinajstić information content (AvgIpc) is 2.93. The average molecular weight is 480 g/mol. The zero-order valence-electron chi connectivity index (χ0n) is 17.4. The van der Waals surface area contributed by atoms with E-state index >= 15 is 0 Å². The summed E-state index contributed by atoms with van der Waals surface area (Å²) in [4.78, 5) is 0. The molecule has 3 rings (SSSR count). The molecule has 3 aromatic rings. The van der Waals surface area contributed by atoms with Gasteiger partial charge in [0, 0.05) is 0 Å². The second kappa shape index (κ2) is 8.90. The van der Waals surface area contributed by atoms with Crippen LogP contribution in [0.3, 0.4) is 0 Å². The van der Waals surface area contributed by atoms with Gasteiger partial charge in [0.05, 0.1) is 0 Å². The van der Waals surface area contributed by atoms with Gasteiger partial charge < -0.3 is 0 Å². The van der Waals surface area contributed by atoms with E-state index in [-0.39, 0.29) is 10.8 Å². The summed E-state index contributed by atoms with van der Waals surface area (Å²) in [6.45, 7) is 16.0. The minimum absolute atomic E-state index is 0.145. The second-order valence-electron chi connectivity index (χ2n) is 9.21. The number of hydrogen-bond donors (Lipinski definition) is 0. The molecule has 3 aromatic carbocycles. The van der Waals surface area contributed by atoms with Crippen LogP contribution in [0.15, 0.2) is 48.5 Å². The van der Waals surface area contributed by atoms with Gasteiger partial charge in [-0.05, 0) is 27.5 Å². The van der Waals surface area contributed by atoms with Crippen LogP contribution >= 0.6 is 17.0 Å². The van der Waals surface area contributed by atoms with E-state index in [1.165, 1.54) is 38.6 Å². The van der Waals surface area contributed by atoms with Crippen LogP contribution in [-0.2, 0) is 31.7 Å². The molecule has 0 radical (unpaired) electrons. The normalized spacial score (nSPS) is 11.9. The Labute approximate surface area is 183 Å². The van der Waals surface area contributed by atoms with Gasteiger partial charge in [0.25, 0.3) is 0 Å². The predicted molar refractivity (Wildman–Crippen MR) is 119 cm³/mol. The monoisotopic (exact) mass is 477 g/mol. The van der Waals surface area contributed by atoms with Crippen LogP contribution in [0.25, 0.3) is 21.9 Å². The molecule has 0 fully saturated rings. The number of fused-ring (bicyclic) bond motifs is 1. The zero-order valence-corrected chi connectivity index (χ0v) is 21.3. The number of halogens is 2. The first-order chi connectivity index (χ1) is 12.5. The van der Waals surface area contributed by atoms with E-state index in [0.717, 1.165) is 0 Å². The molecule has 0 amide bonds. The molecule has 144 valence electrons. The summed E-state index contributed by atoms with van der Waals surface area (Å²) in [6, 6.07) is 18.4. The fourth-order valence-electron chi connectivity index (χ4n) is 3.29. The summed E-state index contributed by atoms with van der Waals surface area (Å²) in [5.41, 5.74) is 7.12. The van der Waals surface area contributed by atoms with Crippen molar-refractivity contribution in [3.8, 4) is 11.1 Å². The summed E-state index contributed by atoms with van der Waals surface area (Å²) in [5, 5.41) is 2.70. The Balaban J connectivity index is 0.000000817. The minimum atomic E-state index is -0.826. The van der Waals surface area contributed by atoms with E-state index in [4.69, 9.17) is 17.0 Å². The second-order valence-corrected chi connectivity index (χ2v) is 12.9. The van der Waals surface area contributed by atoms with Gasteiger partial charge in [-0.3, -0.25) is 0 Å². The van der Waals surface area contributed by atoms with Crippen LogP contribution in [0.1, 0.15) is 58.2 Å². The molecule has 0 nitrogen and oxygen atoms in total. The molecule has 0 bridgehead atoms. The Morgan fingerprint density at radius 1 is 0.815 bits per heavy atom. The summed E-state index contributed by atoms with van der Waals surface area (Å²) in [5.74, 6) is 0.